The smallest absolute Gasteiger partial charge is 0.250 e. The van der Waals surface area contributed by atoms with E-state index in [1.807, 2.05) is 12.1 Å². The van der Waals surface area contributed by atoms with Gasteiger partial charge in [-0.25, -0.2) is 5.43 Å². The maximum Gasteiger partial charge on any atom is 0.250 e. The van der Waals surface area contributed by atoms with Crippen LogP contribution in [0.5, 0.6) is 5.75 Å². The van der Waals surface area contributed by atoms with Crippen molar-refractivity contribution >= 4 is 47.1 Å². The Morgan fingerprint density at radius 2 is 2.00 bits per heavy atom. The lowest BCUT2D eigenvalue weighted by atomic mass is 10.2. The van der Waals surface area contributed by atoms with Crippen LogP contribution in [0.15, 0.2) is 52.5 Å². The van der Waals surface area contributed by atoms with Crippen LogP contribution in [0.3, 0.4) is 0 Å². The molecule has 0 radical (unpaired) electrons. The molecular formula is C16H14Cl2N2O2S. The van der Waals surface area contributed by atoms with Crippen LogP contribution in [0.1, 0.15) is 5.56 Å². The largest absolute Gasteiger partial charge is 0.495 e. The van der Waals surface area contributed by atoms with Crippen molar-refractivity contribution in [1.29, 1.82) is 0 Å². The Morgan fingerprint density at radius 1 is 1.26 bits per heavy atom. The molecule has 0 fully saturated rings. The van der Waals surface area contributed by atoms with Crippen molar-refractivity contribution in [2.75, 3.05) is 12.9 Å². The lowest BCUT2D eigenvalue weighted by Crippen LogP contribution is -2.19. The zero-order valence-corrected chi connectivity index (χ0v) is 14.6. The molecule has 0 heterocycles. The molecule has 23 heavy (non-hydrogen) atoms. The third-order valence-electron chi connectivity index (χ3n) is 2.76. The number of hydrogen-bond donors (Lipinski definition) is 1. The standard InChI is InChI=1S/C16H14Cl2N2O2S/c1-22-15-7-2-11(8-14(15)18)9-19-20-16(21)10-23-13-5-3-12(17)4-6-13/h2-9H,10H2,1H3,(H,20,21)/b19-9-. The van der Waals surface area contributed by atoms with Crippen molar-refractivity contribution in [1.82, 2.24) is 5.43 Å². The van der Waals surface area contributed by atoms with Crippen molar-refractivity contribution in [3.8, 4) is 5.75 Å². The number of halogens is 2. The summed E-state index contributed by atoms with van der Waals surface area (Å²) in [6.07, 6.45) is 1.52. The predicted molar refractivity (Wildman–Crippen MR) is 95.9 cm³/mol. The highest BCUT2D eigenvalue weighted by Gasteiger charge is 2.02. The van der Waals surface area contributed by atoms with E-state index in [1.54, 1.807) is 37.4 Å². The lowest BCUT2D eigenvalue weighted by molar-refractivity contribution is -0.118. The van der Waals surface area contributed by atoms with Crippen LogP contribution in [-0.4, -0.2) is 25.0 Å². The third-order valence-corrected chi connectivity index (χ3v) is 4.32. The Labute approximate surface area is 148 Å². The van der Waals surface area contributed by atoms with Crippen LogP contribution < -0.4 is 10.2 Å². The highest BCUT2D eigenvalue weighted by atomic mass is 35.5. The minimum atomic E-state index is -0.194. The summed E-state index contributed by atoms with van der Waals surface area (Å²) in [7, 11) is 1.55. The number of benzene rings is 2. The fraction of sp³-hybridized carbons (Fsp3) is 0.125. The summed E-state index contributed by atoms with van der Waals surface area (Å²) < 4.78 is 5.07. The monoisotopic (exact) mass is 368 g/mol. The minimum Gasteiger partial charge on any atom is -0.495 e. The molecule has 0 bridgehead atoms. The third kappa shape index (κ3) is 5.78. The Morgan fingerprint density at radius 3 is 2.65 bits per heavy atom. The van der Waals surface area contributed by atoms with Crippen LogP contribution >= 0.6 is 35.0 Å². The van der Waals surface area contributed by atoms with Crippen molar-refractivity contribution < 1.29 is 9.53 Å². The summed E-state index contributed by atoms with van der Waals surface area (Å²) in [6.45, 7) is 0. The number of carbonyl (C=O) groups is 1. The Hall–Kier alpha value is -1.69. The molecular weight excluding hydrogens is 355 g/mol. The quantitative estimate of drug-likeness (QED) is 0.471. The number of hydrazone groups is 1. The SMILES string of the molecule is COc1ccc(/C=N\NC(=O)CSc2ccc(Cl)cc2)cc1Cl. The number of methoxy groups -OCH3 is 1. The number of amides is 1. The van der Waals surface area contributed by atoms with Gasteiger partial charge >= 0.3 is 0 Å². The molecule has 0 aromatic heterocycles. The molecule has 7 heteroatoms. The molecule has 0 aliphatic heterocycles. The van der Waals surface area contributed by atoms with E-state index < -0.39 is 0 Å². The number of ether oxygens (including phenoxy) is 1. The van der Waals surface area contributed by atoms with E-state index in [0.29, 0.717) is 15.8 Å². The Bertz CT molecular complexity index is 706. The number of carbonyl (C=O) groups excluding carboxylic acids is 1. The number of nitrogens with one attached hydrogen (secondary N) is 1. The first-order chi connectivity index (χ1) is 11.1. The first-order valence-corrected chi connectivity index (χ1v) is 8.36. The number of nitrogens with zero attached hydrogens (tertiary/aromatic N) is 1. The second-order valence-electron chi connectivity index (χ2n) is 4.43. The molecule has 0 saturated heterocycles. The fourth-order valence-corrected chi connectivity index (χ4v) is 2.74. The van der Waals surface area contributed by atoms with E-state index >= 15 is 0 Å². The van der Waals surface area contributed by atoms with Gasteiger partial charge < -0.3 is 4.74 Å². The van der Waals surface area contributed by atoms with Crippen LogP contribution in [0.2, 0.25) is 10.0 Å². The summed E-state index contributed by atoms with van der Waals surface area (Å²) in [5, 5.41) is 5.06. The summed E-state index contributed by atoms with van der Waals surface area (Å²) in [5.74, 6) is 0.663. The molecule has 120 valence electrons. The Balaban J connectivity index is 1.81. The zero-order chi connectivity index (χ0) is 16.7. The van der Waals surface area contributed by atoms with Gasteiger partial charge in [-0.3, -0.25) is 4.79 Å². The van der Waals surface area contributed by atoms with E-state index in [2.05, 4.69) is 10.5 Å². The second kappa shape index (κ2) is 8.82. The van der Waals surface area contributed by atoms with Gasteiger partial charge in [0.2, 0.25) is 5.91 Å². The van der Waals surface area contributed by atoms with E-state index in [1.165, 1.54) is 18.0 Å². The molecule has 2 aromatic carbocycles. The molecule has 0 unspecified atom stereocenters. The highest BCUT2D eigenvalue weighted by molar-refractivity contribution is 8.00. The lowest BCUT2D eigenvalue weighted by Gasteiger charge is -2.03. The van der Waals surface area contributed by atoms with Gasteiger partial charge in [0.05, 0.1) is 24.1 Å². The first kappa shape index (κ1) is 17.7. The predicted octanol–water partition coefficient (Wildman–Crippen LogP) is 4.24. The molecule has 0 saturated carbocycles. The van der Waals surface area contributed by atoms with Gasteiger partial charge in [0.1, 0.15) is 5.75 Å². The minimum absolute atomic E-state index is 0.194. The van der Waals surface area contributed by atoms with Gasteiger partial charge in [0.25, 0.3) is 0 Å². The second-order valence-corrected chi connectivity index (χ2v) is 6.32. The van der Waals surface area contributed by atoms with Gasteiger partial charge in [0, 0.05) is 9.92 Å². The average Bonchev–Trinajstić information content (AvgIpc) is 2.54. The van der Waals surface area contributed by atoms with E-state index in [4.69, 9.17) is 27.9 Å². The molecule has 0 aliphatic carbocycles. The van der Waals surface area contributed by atoms with Crippen LogP contribution in [0.4, 0.5) is 0 Å². The number of hydrogen-bond acceptors (Lipinski definition) is 4. The van der Waals surface area contributed by atoms with E-state index in [-0.39, 0.29) is 11.7 Å². The molecule has 2 aromatic rings. The number of thioether (sulfide) groups is 1. The van der Waals surface area contributed by atoms with Crippen molar-refractivity contribution in [3.05, 3.63) is 58.1 Å². The molecule has 0 spiro atoms. The average molecular weight is 369 g/mol. The zero-order valence-electron chi connectivity index (χ0n) is 12.3. The van der Waals surface area contributed by atoms with E-state index in [9.17, 15) is 4.79 Å². The van der Waals surface area contributed by atoms with Crippen LogP contribution in [-0.2, 0) is 4.79 Å². The summed E-state index contributed by atoms with van der Waals surface area (Å²) in [6, 6.07) is 12.5. The molecule has 0 aliphatic rings. The molecule has 2 rings (SSSR count). The molecule has 1 N–H and O–H groups in total. The summed E-state index contributed by atoms with van der Waals surface area (Å²) in [4.78, 5) is 12.7. The van der Waals surface area contributed by atoms with Crippen LogP contribution in [0, 0.1) is 0 Å². The fourth-order valence-electron chi connectivity index (χ4n) is 1.65. The van der Waals surface area contributed by atoms with Crippen molar-refractivity contribution in [2.24, 2.45) is 5.10 Å². The van der Waals surface area contributed by atoms with Gasteiger partial charge in [-0.2, -0.15) is 5.10 Å². The summed E-state index contributed by atoms with van der Waals surface area (Å²) >= 11 is 13.2. The maximum absolute atomic E-state index is 11.7. The molecule has 0 atom stereocenters. The topological polar surface area (TPSA) is 50.7 Å². The van der Waals surface area contributed by atoms with E-state index in [0.717, 1.165) is 10.5 Å². The van der Waals surface area contributed by atoms with Gasteiger partial charge in [-0.15, -0.1) is 11.8 Å². The maximum atomic E-state index is 11.7. The van der Waals surface area contributed by atoms with Gasteiger partial charge in [-0.05, 0) is 48.0 Å². The summed E-state index contributed by atoms with van der Waals surface area (Å²) in [5.41, 5.74) is 3.24. The van der Waals surface area contributed by atoms with Crippen molar-refractivity contribution in [3.63, 3.8) is 0 Å². The number of rotatable bonds is 6. The normalized spacial score (nSPS) is 10.7. The first-order valence-electron chi connectivity index (χ1n) is 6.62. The van der Waals surface area contributed by atoms with Gasteiger partial charge in [0.15, 0.2) is 0 Å². The Kier molecular flexibility index (Phi) is 6.77. The van der Waals surface area contributed by atoms with Crippen molar-refractivity contribution in [2.45, 2.75) is 4.90 Å². The molecule has 4 nitrogen and oxygen atoms in total. The van der Waals surface area contributed by atoms with Gasteiger partial charge in [-0.1, -0.05) is 23.2 Å². The molecule has 1 amide bonds. The van der Waals surface area contributed by atoms with Crippen LogP contribution in [0.25, 0.3) is 0 Å². The highest BCUT2D eigenvalue weighted by Crippen LogP contribution is 2.24.